The number of aromatic nitrogens is 5. The number of imidazole rings is 1. The minimum Gasteiger partial charge on any atom is -0.343 e. The first-order valence-electron chi connectivity index (χ1n) is 7.85. The van der Waals surface area contributed by atoms with Gasteiger partial charge in [0.2, 0.25) is 0 Å². The number of rotatable bonds is 4. The van der Waals surface area contributed by atoms with Crippen molar-refractivity contribution in [2.45, 2.75) is 25.4 Å². The van der Waals surface area contributed by atoms with Crippen LogP contribution in [0, 0.1) is 0 Å². The fraction of sp³-hybridized carbons (Fsp3) is 0.294. The first-order valence-corrected chi connectivity index (χ1v) is 7.85. The minimum atomic E-state index is 0.327. The molecule has 0 spiro atoms. The maximum atomic E-state index is 4.63. The number of pyridine rings is 1. The molecule has 1 aliphatic heterocycles. The summed E-state index contributed by atoms with van der Waals surface area (Å²) in [6, 6.07) is 4.43. The summed E-state index contributed by atoms with van der Waals surface area (Å²) in [5.74, 6) is 0.752. The fourth-order valence-electron chi connectivity index (χ4n) is 3.11. The summed E-state index contributed by atoms with van der Waals surface area (Å²) in [5.41, 5.74) is 3.04. The van der Waals surface area contributed by atoms with Crippen molar-refractivity contribution >= 4 is 0 Å². The minimum absolute atomic E-state index is 0.327. The normalized spacial score (nSPS) is 18.3. The van der Waals surface area contributed by atoms with Crippen LogP contribution in [0.15, 0.2) is 49.3 Å². The molecule has 1 atom stereocenters. The van der Waals surface area contributed by atoms with E-state index in [-0.39, 0.29) is 0 Å². The number of likely N-dealkylation sites (tertiary alicyclic amines) is 1. The van der Waals surface area contributed by atoms with E-state index in [0.717, 1.165) is 36.7 Å². The van der Waals surface area contributed by atoms with Gasteiger partial charge < -0.3 is 4.98 Å². The third-order valence-corrected chi connectivity index (χ3v) is 4.23. The molecule has 1 fully saturated rings. The van der Waals surface area contributed by atoms with E-state index in [9.17, 15) is 0 Å². The molecule has 0 saturated carbocycles. The highest BCUT2D eigenvalue weighted by Gasteiger charge is 2.27. The molecule has 0 bridgehead atoms. The van der Waals surface area contributed by atoms with Gasteiger partial charge in [-0.05, 0) is 31.0 Å². The van der Waals surface area contributed by atoms with Gasteiger partial charge in [-0.2, -0.15) is 0 Å². The Balaban J connectivity index is 1.52. The Kier molecular flexibility index (Phi) is 3.81. The molecular formula is C17H18N6. The Labute approximate surface area is 134 Å². The predicted octanol–water partition coefficient (Wildman–Crippen LogP) is 2.60. The SMILES string of the molecule is c1cncc(CN2CCC[C@@H]2c2cnc(-c3ncc[nH]3)cn2)c1. The standard InChI is InChI=1S/C17H18N6/c1-3-13(9-18-5-1)12-23-8-2-4-16(23)14-10-22-15(11-21-14)17-19-6-7-20-17/h1,3,5-7,9-11,16H,2,4,8,12H2,(H,19,20)/t16-/m1/s1. The summed E-state index contributed by atoms with van der Waals surface area (Å²) in [4.78, 5) is 23.1. The van der Waals surface area contributed by atoms with E-state index in [1.165, 1.54) is 12.0 Å². The molecule has 6 heteroatoms. The van der Waals surface area contributed by atoms with Gasteiger partial charge in [0.1, 0.15) is 5.69 Å². The van der Waals surface area contributed by atoms with Crippen LogP contribution in [-0.2, 0) is 6.54 Å². The molecule has 1 aliphatic rings. The highest BCUT2D eigenvalue weighted by Crippen LogP contribution is 2.31. The zero-order chi connectivity index (χ0) is 15.5. The van der Waals surface area contributed by atoms with Crippen molar-refractivity contribution in [3.63, 3.8) is 0 Å². The van der Waals surface area contributed by atoms with E-state index in [0.29, 0.717) is 6.04 Å². The van der Waals surface area contributed by atoms with E-state index < -0.39 is 0 Å². The Bertz CT molecular complexity index is 739. The second-order valence-corrected chi connectivity index (χ2v) is 5.75. The van der Waals surface area contributed by atoms with E-state index in [2.05, 4.69) is 35.9 Å². The summed E-state index contributed by atoms with van der Waals surface area (Å²) in [6.07, 6.45) is 13.2. The van der Waals surface area contributed by atoms with Gasteiger partial charge in [-0.1, -0.05) is 6.07 Å². The Morgan fingerprint density at radius 1 is 1.13 bits per heavy atom. The van der Waals surface area contributed by atoms with E-state index >= 15 is 0 Å². The molecule has 3 aromatic heterocycles. The van der Waals surface area contributed by atoms with Gasteiger partial charge in [0.25, 0.3) is 0 Å². The molecule has 0 aromatic carbocycles. The highest BCUT2D eigenvalue weighted by molar-refractivity contribution is 5.46. The largest absolute Gasteiger partial charge is 0.343 e. The molecule has 116 valence electrons. The molecule has 0 unspecified atom stereocenters. The molecule has 1 saturated heterocycles. The van der Waals surface area contributed by atoms with Crippen LogP contribution in [0.25, 0.3) is 11.5 Å². The number of nitrogens with zero attached hydrogens (tertiary/aromatic N) is 5. The van der Waals surface area contributed by atoms with Crippen molar-refractivity contribution < 1.29 is 0 Å². The van der Waals surface area contributed by atoms with Crippen molar-refractivity contribution in [1.82, 2.24) is 29.8 Å². The second-order valence-electron chi connectivity index (χ2n) is 5.75. The lowest BCUT2D eigenvalue weighted by Crippen LogP contribution is -2.23. The second kappa shape index (κ2) is 6.26. The number of hydrogen-bond donors (Lipinski definition) is 1. The van der Waals surface area contributed by atoms with Crippen LogP contribution in [0.1, 0.15) is 30.1 Å². The molecule has 0 amide bonds. The van der Waals surface area contributed by atoms with Gasteiger partial charge >= 0.3 is 0 Å². The fourth-order valence-corrected chi connectivity index (χ4v) is 3.11. The van der Waals surface area contributed by atoms with Crippen LogP contribution in [0.4, 0.5) is 0 Å². The van der Waals surface area contributed by atoms with E-state index in [4.69, 9.17) is 0 Å². The zero-order valence-corrected chi connectivity index (χ0v) is 12.8. The van der Waals surface area contributed by atoms with Gasteiger partial charge in [0, 0.05) is 31.3 Å². The number of H-pyrrole nitrogens is 1. The average molecular weight is 306 g/mol. The monoisotopic (exact) mass is 306 g/mol. The van der Waals surface area contributed by atoms with E-state index in [1.807, 2.05) is 24.7 Å². The van der Waals surface area contributed by atoms with Crippen LogP contribution in [0.3, 0.4) is 0 Å². The summed E-state index contributed by atoms with van der Waals surface area (Å²) in [7, 11) is 0. The van der Waals surface area contributed by atoms with Crippen LogP contribution in [-0.4, -0.2) is 36.4 Å². The lowest BCUT2D eigenvalue weighted by molar-refractivity contribution is 0.243. The molecule has 4 heterocycles. The maximum Gasteiger partial charge on any atom is 0.157 e. The molecule has 23 heavy (non-hydrogen) atoms. The molecular weight excluding hydrogens is 288 g/mol. The number of hydrogen-bond acceptors (Lipinski definition) is 5. The lowest BCUT2D eigenvalue weighted by atomic mass is 10.1. The zero-order valence-electron chi connectivity index (χ0n) is 12.8. The van der Waals surface area contributed by atoms with Crippen LogP contribution in [0.5, 0.6) is 0 Å². The summed E-state index contributed by atoms with van der Waals surface area (Å²) in [6.45, 7) is 1.99. The molecule has 0 aliphatic carbocycles. The Hall–Kier alpha value is -2.60. The van der Waals surface area contributed by atoms with Gasteiger partial charge in [0.05, 0.1) is 24.1 Å². The van der Waals surface area contributed by atoms with Crippen LogP contribution in [0.2, 0.25) is 0 Å². The maximum absolute atomic E-state index is 4.63. The summed E-state index contributed by atoms with van der Waals surface area (Å²) >= 11 is 0. The molecule has 0 radical (unpaired) electrons. The lowest BCUT2D eigenvalue weighted by Gasteiger charge is -2.23. The number of nitrogens with one attached hydrogen (secondary N) is 1. The Morgan fingerprint density at radius 2 is 2.13 bits per heavy atom. The van der Waals surface area contributed by atoms with Crippen molar-refractivity contribution in [3.05, 3.63) is 60.6 Å². The van der Waals surface area contributed by atoms with Crippen molar-refractivity contribution in [1.29, 1.82) is 0 Å². The van der Waals surface area contributed by atoms with Gasteiger partial charge in [0.15, 0.2) is 5.82 Å². The topological polar surface area (TPSA) is 70.6 Å². The number of aromatic amines is 1. The first kappa shape index (κ1) is 14.0. The van der Waals surface area contributed by atoms with Crippen molar-refractivity contribution in [3.8, 4) is 11.5 Å². The highest BCUT2D eigenvalue weighted by atomic mass is 15.2. The molecule has 1 N–H and O–H groups in total. The van der Waals surface area contributed by atoms with E-state index in [1.54, 1.807) is 18.6 Å². The third-order valence-electron chi connectivity index (χ3n) is 4.23. The smallest absolute Gasteiger partial charge is 0.157 e. The van der Waals surface area contributed by atoms with Crippen molar-refractivity contribution in [2.75, 3.05) is 6.54 Å². The summed E-state index contributed by atoms with van der Waals surface area (Å²) in [5, 5.41) is 0. The average Bonchev–Trinajstić information content (AvgIpc) is 3.28. The Morgan fingerprint density at radius 3 is 2.87 bits per heavy atom. The van der Waals surface area contributed by atoms with Crippen LogP contribution >= 0.6 is 0 Å². The first-order chi connectivity index (χ1) is 11.4. The molecule has 6 nitrogen and oxygen atoms in total. The van der Waals surface area contributed by atoms with Gasteiger partial charge in [-0.25, -0.2) is 9.97 Å². The molecule has 4 rings (SSSR count). The molecule has 3 aromatic rings. The van der Waals surface area contributed by atoms with Gasteiger partial charge in [-0.15, -0.1) is 0 Å². The van der Waals surface area contributed by atoms with Crippen molar-refractivity contribution in [2.24, 2.45) is 0 Å². The van der Waals surface area contributed by atoms with Crippen LogP contribution < -0.4 is 0 Å². The van der Waals surface area contributed by atoms with Gasteiger partial charge in [-0.3, -0.25) is 14.9 Å². The summed E-state index contributed by atoms with van der Waals surface area (Å²) < 4.78 is 0. The quantitative estimate of drug-likeness (QED) is 0.802. The predicted molar refractivity (Wildman–Crippen MR) is 86.2 cm³/mol. The third kappa shape index (κ3) is 2.98.